The van der Waals surface area contributed by atoms with Crippen LogP contribution < -0.4 is 0 Å². The topological polar surface area (TPSA) is 35.8 Å². The van der Waals surface area contributed by atoms with E-state index in [1.165, 1.54) is 5.06 Å². The predicted molar refractivity (Wildman–Crippen MR) is 72.1 cm³/mol. The molecule has 2 unspecified atom stereocenters. The second kappa shape index (κ2) is 4.34. The smallest absolute Gasteiger partial charge is 0.152 e. The first kappa shape index (κ1) is 12.2. The molecule has 3 nitrogen and oxygen atoms in total. The normalized spacial score (nSPS) is 32.2. The summed E-state index contributed by atoms with van der Waals surface area (Å²) in [6.07, 6.45) is 3.90. The first-order chi connectivity index (χ1) is 8.63. The van der Waals surface area contributed by atoms with Crippen LogP contribution in [0.15, 0.2) is 29.3 Å². The van der Waals surface area contributed by atoms with Gasteiger partial charge >= 0.3 is 0 Å². The number of rotatable bonds is 1. The van der Waals surface area contributed by atoms with E-state index in [0.29, 0.717) is 5.02 Å². The van der Waals surface area contributed by atoms with Crippen LogP contribution in [0.4, 0.5) is 0 Å². The summed E-state index contributed by atoms with van der Waals surface area (Å²) in [5.41, 5.74) is 1.69. The molecule has 3 rings (SSSR count). The van der Waals surface area contributed by atoms with Crippen LogP contribution in [-0.2, 0) is 0 Å². The van der Waals surface area contributed by atoms with Crippen molar-refractivity contribution < 1.29 is 5.21 Å². The van der Waals surface area contributed by atoms with Gasteiger partial charge in [-0.1, -0.05) is 36.2 Å². The van der Waals surface area contributed by atoms with Crippen molar-refractivity contribution in [2.75, 3.05) is 0 Å². The van der Waals surface area contributed by atoms with Gasteiger partial charge in [0.05, 0.1) is 5.54 Å². The molecule has 18 heavy (non-hydrogen) atoms. The van der Waals surface area contributed by atoms with Crippen molar-refractivity contribution in [1.29, 1.82) is 0 Å². The molecule has 1 aromatic rings. The fraction of sp³-hybridized carbons (Fsp3) is 0.500. The summed E-state index contributed by atoms with van der Waals surface area (Å²) in [5.74, 6) is 0. The van der Waals surface area contributed by atoms with Gasteiger partial charge in [0, 0.05) is 16.3 Å². The summed E-state index contributed by atoms with van der Waals surface area (Å²) < 4.78 is 0. The van der Waals surface area contributed by atoms with Gasteiger partial charge in [-0.25, -0.2) is 0 Å². The molecule has 0 bridgehead atoms. The minimum Gasteiger partial charge on any atom is -0.311 e. The summed E-state index contributed by atoms with van der Waals surface area (Å²) in [4.78, 5) is 4.70. The number of nitrogens with zero attached hydrogens (tertiary/aromatic N) is 2. The number of aliphatic imine (C=N–C) groups is 1. The molecule has 1 aliphatic heterocycles. The third kappa shape index (κ3) is 1.69. The monoisotopic (exact) mass is 264 g/mol. The van der Waals surface area contributed by atoms with E-state index in [-0.39, 0.29) is 11.7 Å². The molecule has 1 heterocycles. The van der Waals surface area contributed by atoms with Gasteiger partial charge in [-0.15, -0.1) is 0 Å². The van der Waals surface area contributed by atoms with Crippen molar-refractivity contribution in [3.05, 3.63) is 34.9 Å². The third-order valence-corrected chi connectivity index (χ3v) is 4.49. The van der Waals surface area contributed by atoms with Crippen LogP contribution in [0.2, 0.25) is 5.02 Å². The van der Waals surface area contributed by atoms with E-state index in [2.05, 4.69) is 6.92 Å². The summed E-state index contributed by atoms with van der Waals surface area (Å²) in [6.45, 7) is 2.07. The van der Waals surface area contributed by atoms with Crippen LogP contribution in [0.5, 0.6) is 0 Å². The van der Waals surface area contributed by atoms with Crippen molar-refractivity contribution in [3.8, 4) is 0 Å². The molecule has 1 aromatic carbocycles. The van der Waals surface area contributed by atoms with E-state index in [1.807, 2.05) is 24.3 Å². The van der Waals surface area contributed by atoms with Crippen LogP contribution in [0, 0.1) is 0 Å². The molecule has 1 saturated carbocycles. The second-order valence-electron chi connectivity index (χ2n) is 5.30. The third-order valence-electron chi connectivity index (χ3n) is 4.15. The van der Waals surface area contributed by atoms with Gasteiger partial charge in [0.1, 0.15) is 0 Å². The molecular formula is C14H17ClN2O. The molecule has 0 spiro atoms. The lowest BCUT2D eigenvalue weighted by molar-refractivity contribution is -0.168. The van der Waals surface area contributed by atoms with Crippen LogP contribution >= 0.6 is 11.6 Å². The van der Waals surface area contributed by atoms with E-state index in [9.17, 15) is 5.21 Å². The molecule has 4 heteroatoms. The Bertz CT molecular complexity index is 502. The van der Waals surface area contributed by atoms with Gasteiger partial charge in [0.2, 0.25) is 0 Å². The van der Waals surface area contributed by atoms with Crippen molar-refractivity contribution in [2.24, 2.45) is 4.99 Å². The Morgan fingerprint density at radius 1 is 1.39 bits per heavy atom. The Labute approximate surface area is 112 Å². The van der Waals surface area contributed by atoms with E-state index in [1.54, 1.807) is 0 Å². The lowest BCUT2D eigenvalue weighted by Gasteiger charge is -2.36. The number of hydroxylamine groups is 2. The average Bonchev–Trinajstić information content (AvgIpc) is 2.63. The standard InChI is InChI=1S/C14H17ClN2O/c1-14-9-5-4-8-12(14)16-13(17(14)18)10-6-2-3-7-11(10)15/h2-3,6-7,13,18H,4-5,8-9H2,1H3. The Balaban J connectivity index is 2.01. The Morgan fingerprint density at radius 3 is 2.89 bits per heavy atom. The first-order valence-electron chi connectivity index (χ1n) is 6.43. The van der Waals surface area contributed by atoms with Gasteiger partial charge in [0.15, 0.2) is 6.17 Å². The van der Waals surface area contributed by atoms with Crippen molar-refractivity contribution in [2.45, 2.75) is 44.3 Å². The summed E-state index contributed by atoms with van der Waals surface area (Å²) in [5, 5.41) is 12.5. The van der Waals surface area contributed by atoms with Gasteiger partial charge in [-0.3, -0.25) is 4.99 Å². The highest BCUT2D eigenvalue weighted by atomic mass is 35.5. The number of benzene rings is 1. The van der Waals surface area contributed by atoms with Gasteiger partial charge in [-0.05, 0) is 32.3 Å². The minimum atomic E-state index is -0.350. The highest BCUT2D eigenvalue weighted by Gasteiger charge is 2.47. The van der Waals surface area contributed by atoms with Gasteiger partial charge < -0.3 is 5.21 Å². The first-order valence-corrected chi connectivity index (χ1v) is 6.80. The Hall–Kier alpha value is -0.900. The molecule has 2 atom stereocenters. The highest BCUT2D eigenvalue weighted by Crippen LogP contribution is 2.43. The predicted octanol–water partition coefficient (Wildman–Crippen LogP) is 3.82. The van der Waals surface area contributed by atoms with E-state index in [0.717, 1.165) is 37.0 Å². The van der Waals surface area contributed by atoms with Crippen molar-refractivity contribution >= 4 is 17.3 Å². The summed E-state index contributed by atoms with van der Waals surface area (Å²) in [6, 6.07) is 7.60. The second-order valence-corrected chi connectivity index (χ2v) is 5.70. The van der Waals surface area contributed by atoms with Crippen molar-refractivity contribution in [1.82, 2.24) is 5.06 Å². The van der Waals surface area contributed by atoms with Crippen LogP contribution in [0.3, 0.4) is 0 Å². The Kier molecular flexibility index (Phi) is 2.93. The van der Waals surface area contributed by atoms with E-state index < -0.39 is 0 Å². The zero-order chi connectivity index (χ0) is 12.8. The summed E-state index contributed by atoms with van der Waals surface area (Å²) in [7, 11) is 0. The minimum absolute atomic E-state index is 0.303. The number of hydrogen-bond donors (Lipinski definition) is 1. The average molecular weight is 265 g/mol. The molecule has 1 N–H and O–H groups in total. The molecule has 1 aliphatic carbocycles. The maximum atomic E-state index is 10.5. The molecule has 2 aliphatic rings. The number of halogens is 1. The molecule has 0 aromatic heterocycles. The maximum Gasteiger partial charge on any atom is 0.152 e. The van der Waals surface area contributed by atoms with Gasteiger partial charge in [-0.2, -0.15) is 5.06 Å². The number of fused-ring (bicyclic) bond motifs is 1. The van der Waals surface area contributed by atoms with Crippen LogP contribution in [0.25, 0.3) is 0 Å². The van der Waals surface area contributed by atoms with Crippen molar-refractivity contribution in [3.63, 3.8) is 0 Å². The molecule has 1 fully saturated rings. The fourth-order valence-corrected chi connectivity index (χ4v) is 3.22. The quantitative estimate of drug-likeness (QED) is 0.837. The zero-order valence-corrected chi connectivity index (χ0v) is 11.2. The lowest BCUT2D eigenvalue weighted by Crippen LogP contribution is -2.48. The van der Waals surface area contributed by atoms with E-state index in [4.69, 9.17) is 16.6 Å². The molecule has 0 amide bonds. The number of hydrogen-bond acceptors (Lipinski definition) is 3. The largest absolute Gasteiger partial charge is 0.311 e. The molecule has 0 saturated heterocycles. The van der Waals surface area contributed by atoms with Crippen LogP contribution in [-0.4, -0.2) is 21.5 Å². The fourth-order valence-electron chi connectivity index (χ4n) is 2.98. The lowest BCUT2D eigenvalue weighted by atomic mass is 9.82. The molecular weight excluding hydrogens is 248 g/mol. The van der Waals surface area contributed by atoms with Gasteiger partial charge in [0.25, 0.3) is 0 Å². The SMILES string of the molecule is CC12CCCCC1=NC(c1ccccc1Cl)N2O. The molecule has 0 radical (unpaired) electrons. The maximum absolute atomic E-state index is 10.5. The summed E-state index contributed by atoms with van der Waals surface area (Å²) >= 11 is 6.21. The Morgan fingerprint density at radius 2 is 2.17 bits per heavy atom. The molecule has 96 valence electrons. The zero-order valence-electron chi connectivity index (χ0n) is 10.4. The highest BCUT2D eigenvalue weighted by molar-refractivity contribution is 6.31. The van der Waals surface area contributed by atoms with E-state index >= 15 is 0 Å². The van der Waals surface area contributed by atoms with Crippen LogP contribution in [0.1, 0.15) is 44.3 Å².